The minimum Gasteiger partial charge on any atom is -0.354 e. The lowest BCUT2D eigenvalue weighted by molar-refractivity contribution is -0.132. The van der Waals surface area contributed by atoms with E-state index in [9.17, 15) is 4.79 Å². The standard InChI is InChI=1S/C12H20N2O/c1-4-11(2,3)9-14-10(15)12(8-13)6-5-7-12/h4-7,9H2,1-3H3,(H,14,15). The van der Waals surface area contributed by atoms with Crippen molar-refractivity contribution in [2.24, 2.45) is 10.8 Å². The molecule has 0 heterocycles. The lowest BCUT2D eigenvalue weighted by Crippen LogP contribution is -2.47. The Morgan fingerprint density at radius 3 is 2.47 bits per heavy atom. The molecule has 1 amide bonds. The van der Waals surface area contributed by atoms with E-state index in [-0.39, 0.29) is 11.3 Å². The molecule has 0 aliphatic heterocycles. The first-order chi connectivity index (χ1) is 6.96. The maximum Gasteiger partial charge on any atom is 0.240 e. The molecular formula is C12H20N2O. The predicted octanol–water partition coefficient (Wildman–Crippen LogP) is 2.23. The molecular weight excluding hydrogens is 188 g/mol. The zero-order valence-corrected chi connectivity index (χ0v) is 9.89. The van der Waals surface area contributed by atoms with Crippen molar-refractivity contribution < 1.29 is 4.79 Å². The monoisotopic (exact) mass is 208 g/mol. The highest BCUT2D eigenvalue weighted by atomic mass is 16.2. The van der Waals surface area contributed by atoms with Gasteiger partial charge >= 0.3 is 0 Å². The molecule has 3 heteroatoms. The normalized spacial score (nSPS) is 18.8. The molecule has 0 atom stereocenters. The van der Waals surface area contributed by atoms with Crippen molar-refractivity contribution >= 4 is 5.91 Å². The first-order valence-corrected chi connectivity index (χ1v) is 5.65. The molecule has 0 saturated heterocycles. The molecule has 0 radical (unpaired) electrons. The van der Waals surface area contributed by atoms with Crippen LogP contribution in [0.1, 0.15) is 46.5 Å². The average molecular weight is 208 g/mol. The summed E-state index contributed by atoms with van der Waals surface area (Å²) < 4.78 is 0. The van der Waals surface area contributed by atoms with Gasteiger partial charge in [-0.15, -0.1) is 0 Å². The SMILES string of the molecule is CCC(C)(C)CNC(=O)C1(C#N)CCC1. The number of carbonyl (C=O) groups excluding carboxylic acids is 1. The highest BCUT2D eigenvalue weighted by molar-refractivity contribution is 5.86. The van der Waals surface area contributed by atoms with Gasteiger partial charge in [0.2, 0.25) is 5.91 Å². The minimum atomic E-state index is -0.705. The van der Waals surface area contributed by atoms with Crippen molar-refractivity contribution in [2.75, 3.05) is 6.54 Å². The summed E-state index contributed by atoms with van der Waals surface area (Å²) in [7, 11) is 0. The number of nitrogens with one attached hydrogen (secondary N) is 1. The molecule has 1 N–H and O–H groups in total. The van der Waals surface area contributed by atoms with Gasteiger partial charge in [-0.2, -0.15) is 5.26 Å². The van der Waals surface area contributed by atoms with Gasteiger partial charge < -0.3 is 5.32 Å². The second-order valence-corrected chi connectivity index (χ2v) is 5.25. The second kappa shape index (κ2) is 4.22. The fourth-order valence-electron chi connectivity index (χ4n) is 1.53. The molecule has 0 aromatic carbocycles. The van der Waals surface area contributed by atoms with E-state index < -0.39 is 5.41 Å². The number of nitrogens with zero attached hydrogens (tertiary/aromatic N) is 1. The predicted molar refractivity (Wildman–Crippen MR) is 59.0 cm³/mol. The third kappa shape index (κ3) is 2.50. The Kier molecular flexibility index (Phi) is 3.38. The van der Waals surface area contributed by atoms with Crippen LogP contribution in [0.3, 0.4) is 0 Å². The van der Waals surface area contributed by atoms with Crippen LogP contribution >= 0.6 is 0 Å². The van der Waals surface area contributed by atoms with Gasteiger partial charge in [-0.05, 0) is 31.1 Å². The van der Waals surface area contributed by atoms with Gasteiger partial charge in [-0.3, -0.25) is 4.79 Å². The van der Waals surface area contributed by atoms with E-state index in [1.54, 1.807) is 0 Å². The first kappa shape index (κ1) is 12.0. The Morgan fingerprint density at radius 2 is 2.13 bits per heavy atom. The van der Waals surface area contributed by atoms with Crippen molar-refractivity contribution in [1.82, 2.24) is 5.32 Å². The second-order valence-electron chi connectivity index (χ2n) is 5.25. The highest BCUT2D eigenvalue weighted by Crippen LogP contribution is 2.40. The quantitative estimate of drug-likeness (QED) is 0.770. The summed E-state index contributed by atoms with van der Waals surface area (Å²) >= 11 is 0. The summed E-state index contributed by atoms with van der Waals surface area (Å²) in [6.07, 6.45) is 3.47. The summed E-state index contributed by atoms with van der Waals surface area (Å²) in [5, 5.41) is 11.9. The van der Waals surface area contributed by atoms with E-state index >= 15 is 0 Å². The van der Waals surface area contributed by atoms with Crippen LogP contribution in [0.5, 0.6) is 0 Å². The fraction of sp³-hybridized carbons (Fsp3) is 0.833. The summed E-state index contributed by atoms with van der Waals surface area (Å²) in [4.78, 5) is 11.8. The molecule has 0 aromatic rings. The Hall–Kier alpha value is -1.04. The van der Waals surface area contributed by atoms with Gasteiger partial charge in [-0.25, -0.2) is 0 Å². The van der Waals surface area contributed by atoms with E-state index in [2.05, 4.69) is 32.2 Å². The zero-order chi connectivity index (χ0) is 11.5. The molecule has 0 unspecified atom stereocenters. The Morgan fingerprint density at radius 1 is 1.53 bits per heavy atom. The van der Waals surface area contributed by atoms with Crippen LogP contribution in [0.4, 0.5) is 0 Å². The molecule has 0 spiro atoms. The molecule has 1 saturated carbocycles. The van der Waals surface area contributed by atoms with Crippen LogP contribution in [-0.2, 0) is 4.79 Å². The van der Waals surface area contributed by atoms with Crippen LogP contribution in [-0.4, -0.2) is 12.5 Å². The number of rotatable bonds is 4. The summed E-state index contributed by atoms with van der Waals surface area (Å²) in [6.45, 7) is 7.00. The molecule has 0 aromatic heterocycles. The van der Waals surface area contributed by atoms with Crippen LogP contribution in [0.2, 0.25) is 0 Å². The Labute approximate surface area is 91.9 Å². The molecule has 0 bridgehead atoms. The van der Waals surface area contributed by atoms with Crippen LogP contribution in [0, 0.1) is 22.2 Å². The summed E-state index contributed by atoms with van der Waals surface area (Å²) in [6, 6.07) is 2.16. The lowest BCUT2D eigenvalue weighted by Gasteiger charge is -2.34. The highest BCUT2D eigenvalue weighted by Gasteiger charge is 2.44. The maximum absolute atomic E-state index is 11.8. The van der Waals surface area contributed by atoms with Gasteiger partial charge in [0.25, 0.3) is 0 Å². The van der Waals surface area contributed by atoms with Crippen LogP contribution in [0.15, 0.2) is 0 Å². The molecule has 1 fully saturated rings. The third-order valence-electron chi connectivity index (χ3n) is 3.54. The van der Waals surface area contributed by atoms with Crippen molar-refractivity contribution in [3.05, 3.63) is 0 Å². The smallest absolute Gasteiger partial charge is 0.240 e. The Bertz CT molecular complexity index is 284. The van der Waals surface area contributed by atoms with E-state index in [1.807, 2.05) is 0 Å². The van der Waals surface area contributed by atoms with E-state index in [0.717, 1.165) is 25.7 Å². The van der Waals surface area contributed by atoms with E-state index in [0.29, 0.717) is 6.54 Å². The topological polar surface area (TPSA) is 52.9 Å². The Balaban J connectivity index is 2.47. The van der Waals surface area contributed by atoms with Gasteiger partial charge in [0.15, 0.2) is 0 Å². The zero-order valence-electron chi connectivity index (χ0n) is 9.89. The molecule has 1 aliphatic rings. The number of amides is 1. The maximum atomic E-state index is 11.8. The fourth-order valence-corrected chi connectivity index (χ4v) is 1.53. The van der Waals surface area contributed by atoms with E-state index in [4.69, 9.17) is 5.26 Å². The largest absolute Gasteiger partial charge is 0.354 e. The van der Waals surface area contributed by atoms with Gasteiger partial charge in [0, 0.05) is 6.54 Å². The number of hydrogen-bond donors (Lipinski definition) is 1. The average Bonchev–Trinajstić information content (AvgIpc) is 2.14. The van der Waals surface area contributed by atoms with Gasteiger partial charge in [0.1, 0.15) is 5.41 Å². The third-order valence-corrected chi connectivity index (χ3v) is 3.54. The van der Waals surface area contributed by atoms with Gasteiger partial charge in [0.05, 0.1) is 6.07 Å². The van der Waals surface area contributed by atoms with Crippen LogP contribution < -0.4 is 5.32 Å². The van der Waals surface area contributed by atoms with Crippen molar-refractivity contribution in [3.8, 4) is 6.07 Å². The van der Waals surface area contributed by atoms with Gasteiger partial charge in [-0.1, -0.05) is 20.8 Å². The first-order valence-electron chi connectivity index (χ1n) is 5.65. The lowest BCUT2D eigenvalue weighted by atomic mass is 9.69. The van der Waals surface area contributed by atoms with Crippen molar-refractivity contribution in [3.63, 3.8) is 0 Å². The molecule has 84 valence electrons. The minimum absolute atomic E-state index is 0.0715. The molecule has 1 aliphatic carbocycles. The molecule has 15 heavy (non-hydrogen) atoms. The number of nitriles is 1. The molecule has 3 nitrogen and oxygen atoms in total. The van der Waals surface area contributed by atoms with Crippen LogP contribution in [0.25, 0.3) is 0 Å². The summed E-state index contributed by atoms with van der Waals surface area (Å²) in [5.41, 5.74) is -0.583. The number of carbonyl (C=O) groups is 1. The number of hydrogen-bond acceptors (Lipinski definition) is 2. The summed E-state index contributed by atoms with van der Waals surface area (Å²) in [5.74, 6) is -0.0715. The van der Waals surface area contributed by atoms with Crippen molar-refractivity contribution in [2.45, 2.75) is 46.5 Å². The molecule has 1 rings (SSSR count). The van der Waals surface area contributed by atoms with E-state index in [1.165, 1.54) is 0 Å². The van der Waals surface area contributed by atoms with Crippen molar-refractivity contribution in [1.29, 1.82) is 5.26 Å².